The molecule has 0 unspecified atom stereocenters. The van der Waals surface area contributed by atoms with Crippen LogP contribution in [0.15, 0.2) is 29.2 Å². The number of carbonyl (C=O) groups excluding carboxylic acids is 1. The van der Waals surface area contributed by atoms with Crippen molar-refractivity contribution in [2.45, 2.75) is 11.8 Å². The van der Waals surface area contributed by atoms with Crippen molar-refractivity contribution in [3.63, 3.8) is 0 Å². The lowest BCUT2D eigenvalue weighted by Gasteiger charge is -2.09. The molecule has 0 radical (unpaired) electrons. The average Bonchev–Trinajstić information content (AvgIpc) is 2.46. The molecule has 0 fully saturated rings. The molecule has 6 N–H and O–H groups in total. The topological polar surface area (TPSA) is 160 Å². The molecule has 0 aliphatic heterocycles. The molecule has 130 valence electrons. The van der Waals surface area contributed by atoms with Crippen LogP contribution < -0.4 is 20.9 Å². The summed E-state index contributed by atoms with van der Waals surface area (Å²) in [6.45, 7) is 1.56. The fraction of sp³-hybridized carbons (Fsp3) is 0.167. The van der Waals surface area contributed by atoms with Gasteiger partial charge in [0.25, 0.3) is 10.0 Å². The molecule has 0 atom stereocenters. The molecule has 1 heterocycles. The largest absolute Gasteiger partial charge is 0.467 e. The van der Waals surface area contributed by atoms with Crippen molar-refractivity contribution in [1.82, 2.24) is 25.8 Å². The average molecular weight is 376 g/mol. The predicted molar refractivity (Wildman–Crippen MR) is 87.9 cm³/mol. The summed E-state index contributed by atoms with van der Waals surface area (Å²) < 4.78 is 30.9. The van der Waals surface area contributed by atoms with Crippen molar-refractivity contribution in [1.29, 1.82) is 0 Å². The standard InChI is InChI=1S/C12H12ClN5O4S.H3N/c1-7-14-10(17-12(15-7)22-2)16-11(19)18-23(20,21)9-6-4-3-5-8(9)13;/h3-6H,1-2H3,(H2,14,15,16,17,18,19);1H3/p+1. The van der Waals surface area contributed by atoms with Gasteiger partial charge in [-0.05, 0) is 19.1 Å². The van der Waals surface area contributed by atoms with E-state index in [0.29, 0.717) is 5.82 Å². The smallest absolute Gasteiger partial charge is 0.335 e. The molecule has 0 bridgehead atoms. The van der Waals surface area contributed by atoms with Gasteiger partial charge in [-0.15, -0.1) is 0 Å². The van der Waals surface area contributed by atoms with Crippen LogP contribution in [-0.2, 0) is 10.0 Å². The van der Waals surface area contributed by atoms with Gasteiger partial charge in [-0.25, -0.2) is 17.9 Å². The lowest BCUT2D eigenvalue weighted by molar-refractivity contribution is 0.256. The van der Waals surface area contributed by atoms with Gasteiger partial charge >= 0.3 is 12.0 Å². The van der Waals surface area contributed by atoms with Crippen LogP contribution in [0, 0.1) is 6.92 Å². The highest BCUT2D eigenvalue weighted by Crippen LogP contribution is 2.20. The number of hydrogen-bond acceptors (Lipinski definition) is 7. The summed E-state index contributed by atoms with van der Waals surface area (Å²) in [5, 5.41) is 2.18. The molecule has 2 rings (SSSR count). The van der Waals surface area contributed by atoms with E-state index in [0.717, 1.165) is 0 Å². The number of amides is 2. The Hall–Kier alpha value is -2.50. The molecule has 0 aliphatic rings. The Bertz CT molecular complexity index is 845. The fourth-order valence-corrected chi connectivity index (χ4v) is 3.00. The summed E-state index contributed by atoms with van der Waals surface area (Å²) in [6, 6.07) is 4.67. The lowest BCUT2D eigenvalue weighted by Crippen LogP contribution is -2.35. The highest BCUT2D eigenvalue weighted by atomic mass is 35.5. The van der Waals surface area contributed by atoms with Crippen molar-refractivity contribution in [3.05, 3.63) is 35.1 Å². The summed E-state index contributed by atoms with van der Waals surface area (Å²) in [6.07, 6.45) is 0. The molecule has 24 heavy (non-hydrogen) atoms. The summed E-state index contributed by atoms with van der Waals surface area (Å²) in [5.74, 6) is 0.141. The maximum absolute atomic E-state index is 12.1. The van der Waals surface area contributed by atoms with Crippen LogP contribution >= 0.6 is 11.6 Å². The number of carbonyl (C=O) groups is 1. The molecule has 2 amide bonds. The van der Waals surface area contributed by atoms with E-state index < -0.39 is 16.1 Å². The van der Waals surface area contributed by atoms with E-state index in [2.05, 4.69) is 20.3 Å². The first-order valence-corrected chi connectivity index (χ1v) is 8.03. The Labute approximate surface area is 143 Å². The van der Waals surface area contributed by atoms with E-state index in [1.807, 2.05) is 4.72 Å². The number of rotatable bonds is 4. The van der Waals surface area contributed by atoms with Crippen LogP contribution in [-0.4, -0.2) is 36.5 Å². The van der Waals surface area contributed by atoms with E-state index >= 15 is 0 Å². The quantitative estimate of drug-likeness (QED) is 0.733. The van der Waals surface area contributed by atoms with Crippen LogP contribution in [0.2, 0.25) is 5.02 Å². The third-order valence-corrected chi connectivity index (χ3v) is 4.32. The Morgan fingerprint density at radius 3 is 2.50 bits per heavy atom. The van der Waals surface area contributed by atoms with Gasteiger partial charge in [0.1, 0.15) is 10.7 Å². The third kappa shape index (κ3) is 4.75. The second-order valence-corrected chi connectivity index (χ2v) is 6.24. The number of benzene rings is 1. The van der Waals surface area contributed by atoms with E-state index in [1.54, 1.807) is 13.0 Å². The fourth-order valence-electron chi connectivity index (χ4n) is 1.57. The van der Waals surface area contributed by atoms with Gasteiger partial charge in [-0.2, -0.15) is 15.0 Å². The number of sulfonamides is 1. The molecule has 0 aliphatic carbocycles. The highest BCUT2D eigenvalue weighted by Gasteiger charge is 2.21. The number of urea groups is 1. The molecule has 1 aromatic carbocycles. The predicted octanol–water partition coefficient (Wildman–Crippen LogP) is 1.73. The van der Waals surface area contributed by atoms with Crippen LogP contribution in [0.5, 0.6) is 6.01 Å². The van der Waals surface area contributed by atoms with Gasteiger partial charge in [0.2, 0.25) is 5.95 Å². The molecule has 12 heteroatoms. The number of methoxy groups -OCH3 is 1. The Balaban J connectivity index is 0.00000288. The van der Waals surface area contributed by atoms with Crippen LogP contribution in [0.4, 0.5) is 10.7 Å². The van der Waals surface area contributed by atoms with Gasteiger partial charge in [-0.1, -0.05) is 23.7 Å². The van der Waals surface area contributed by atoms with Crippen LogP contribution in [0.3, 0.4) is 0 Å². The molecular weight excluding hydrogens is 360 g/mol. The van der Waals surface area contributed by atoms with E-state index in [1.165, 1.54) is 25.3 Å². The molecule has 0 saturated carbocycles. The molecule has 0 saturated heterocycles. The third-order valence-electron chi connectivity index (χ3n) is 2.49. The van der Waals surface area contributed by atoms with E-state index in [-0.39, 0.29) is 28.0 Å². The van der Waals surface area contributed by atoms with Crippen molar-refractivity contribution in [2.24, 2.45) is 0 Å². The van der Waals surface area contributed by atoms with Crippen molar-refractivity contribution in [2.75, 3.05) is 12.4 Å². The minimum atomic E-state index is -4.13. The van der Waals surface area contributed by atoms with Gasteiger partial charge < -0.3 is 10.9 Å². The summed E-state index contributed by atoms with van der Waals surface area (Å²) in [7, 11) is -2.78. The zero-order valence-electron chi connectivity index (χ0n) is 13.1. The van der Waals surface area contributed by atoms with Gasteiger partial charge in [-0.3, -0.25) is 5.32 Å². The van der Waals surface area contributed by atoms with Crippen molar-refractivity contribution < 1.29 is 17.9 Å². The van der Waals surface area contributed by atoms with Crippen LogP contribution in [0.1, 0.15) is 5.82 Å². The second-order valence-electron chi connectivity index (χ2n) is 4.18. The molecule has 0 spiro atoms. The number of quaternary nitrogens is 1. The zero-order chi connectivity index (χ0) is 17.0. The van der Waals surface area contributed by atoms with Crippen molar-refractivity contribution in [3.8, 4) is 6.01 Å². The summed E-state index contributed by atoms with van der Waals surface area (Å²) >= 11 is 5.81. The first-order chi connectivity index (χ1) is 10.8. The monoisotopic (exact) mass is 375 g/mol. The molecule has 1 aromatic heterocycles. The van der Waals surface area contributed by atoms with Crippen LogP contribution in [0.25, 0.3) is 0 Å². The Kier molecular flexibility index (Phi) is 6.40. The molecular formula is C12H16ClN6O4S+. The minimum absolute atomic E-state index is 0. The minimum Gasteiger partial charge on any atom is -0.467 e. The normalized spacial score (nSPS) is 10.5. The maximum atomic E-state index is 12.1. The van der Waals surface area contributed by atoms with E-state index in [9.17, 15) is 13.2 Å². The second kappa shape index (κ2) is 7.86. The zero-order valence-corrected chi connectivity index (χ0v) is 14.6. The number of halogens is 1. The first-order valence-electron chi connectivity index (χ1n) is 6.17. The Morgan fingerprint density at radius 2 is 1.88 bits per heavy atom. The van der Waals surface area contributed by atoms with Gasteiger partial charge in [0.05, 0.1) is 12.1 Å². The number of nitrogens with one attached hydrogen (secondary N) is 2. The number of ether oxygens (including phenoxy) is 1. The lowest BCUT2D eigenvalue weighted by atomic mass is 10.4. The number of nitrogens with zero attached hydrogens (tertiary/aromatic N) is 3. The summed E-state index contributed by atoms with van der Waals surface area (Å²) in [5.41, 5.74) is 0. The van der Waals surface area contributed by atoms with Gasteiger partial charge in [0, 0.05) is 0 Å². The summed E-state index contributed by atoms with van der Waals surface area (Å²) in [4.78, 5) is 23.1. The molecule has 2 aromatic rings. The SMILES string of the molecule is COc1nc(C)nc(NC(=O)NS(=O)(=O)c2ccccc2Cl)n1.[NH4+]. The molecule has 10 nitrogen and oxygen atoms in total. The number of anilines is 1. The highest BCUT2D eigenvalue weighted by molar-refractivity contribution is 7.90. The Morgan fingerprint density at radius 1 is 1.21 bits per heavy atom. The van der Waals surface area contributed by atoms with E-state index in [4.69, 9.17) is 16.3 Å². The van der Waals surface area contributed by atoms with Crippen molar-refractivity contribution >= 4 is 33.6 Å². The number of hydrogen-bond donors (Lipinski definition) is 3. The number of aromatic nitrogens is 3. The van der Waals surface area contributed by atoms with Gasteiger partial charge in [0.15, 0.2) is 0 Å². The first kappa shape index (κ1) is 19.5. The number of aryl methyl sites for hydroxylation is 1. The maximum Gasteiger partial charge on any atom is 0.335 e.